The van der Waals surface area contributed by atoms with Crippen molar-refractivity contribution >= 4 is 0 Å². The Morgan fingerprint density at radius 3 is 2.79 bits per heavy atom. The van der Waals surface area contributed by atoms with Crippen LogP contribution in [-0.2, 0) is 13.0 Å². The molecule has 2 aromatic carbocycles. The van der Waals surface area contributed by atoms with E-state index in [0.29, 0.717) is 19.6 Å². The summed E-state index contributed by atoms with van der Waals surface area (Å²) in [6.07, 6.45) is 0.203. The van der Waals surface area contributed by atoms with E-state index in [-0.39, 0.29) is 0 Å². The maximum Gasteiger partial charge on any atom is 0.164 e. The molecule has 3 rings (SSSR count). The first-order valence-corrected chi connectivity index (χ1v) is 6.42. The van der Waals surface area contributed by atoms with E-state index in [1.807, 2.05) is 48.5 Å². The molecule has 0 spiro atoms. The Bertz CT molecular complexity index is 551. The summed E-state index contributed by atoms with van der Waals surface area (Å²) in [4.78, 5) is 0. The highest BCUT2D eigenvalue weighted by atomic mass is 16.5. The van der Waals surface area contributed by atoms with Crippen molar-refractivity contribution < 1.29 is 14.6 Å². The zero-order chi connectivity index (χ0) is 13.1. The quantitative estimate of drug-likeness (QED) is 0.917. The van der Waals surface area contributed by atoms with Gasteiger partial charge in [-0.2, -0.15) is 0 Å². The minimum atomic E-state index is -0.420. The van der Waals surface area contributed by atoms with Gasteiger partial charge in [0.2, 0.25) is 0 Å². The Labute approximate surface area is 112 Å². The molecule has 3 nitrogen and oxygen atoms in total. The largest absolute Gasteiger partial charge is 0.487 e. The van der Waals surface area contributed by atoms with Gasteiger partial charge in [-0.1, -0.05) is 42.5 Å². The molecule has 0 saturated heterocycles. The molecule has 1 aliphatic heterocycles. The Balaban J connectivity index is 1.77. The minimum absolute atomic E-state index is 0.332. The van der Waals surface area contributed by atoms with Gasteiger partial charge in [-0.3, -0.25) is 0 Å². The van der Waals surface area contributed by atoms with Crippen LogP contribution in [0.5, 0.6) is 11.5 Å². The number of ether oxygens (including phenoxy) is 2. The molecule has 0 radical (unpaired) electrons. The van der Waals surface area contributed by atoms with E-state index in [1.165, 1.54) is 0 Å². The monoisotopic (exact) mass is 256 g/mol. The molecule has 1 heterocycles. The third-order valence-electron chi connectivity index (χ3n) is 3.17. The van der Waals surface area contributed by atoms with Crippen molar-refractivity contribution in [3.8, 4) is 11.5 Å². The van der Waals surface area contributed by atoms with Gasteiger partial charge in [-0.05, 0) is 11.6 Å². The molecule has 0 fully saturated rings. The van der Waals surface area contributed by atoms with Crippen LogP contribution >= 0.6 is 0 Å². The number of benzene rings is 2. The standard InChI is InChI=1S/C16H16O3/c17-14-9-13-7-4-8-15(16(13)19-11-14)18-10-12-5-2-1-3-6-12/h1-8,14,17H,9-11H2. The van der Waals surface area contributed by atoms with Crippen molar-refractivity contribution in [2.45, 2.75) is 19.1 Å². The highest BCUT2D eigenvalue weighted by Crippen LogP contribution is 2.35. The van der Waals surface area contributed by atoms with Crippen molar-refractivity contribution in [3.63, 3.8) is 0 Å². The SMILES string of the molecule is OC1COc2c(cccc2OCc2ccccc2)C1. The summed E-state index contributed by atoms with van der Waals surface area (Å²) in [6, 6.07) is 15.8. The normalized spacial score (nSPS) is 17.4. The molecular weight excluding hydrogens is 240 g/mol. The zero-order valence-corrected chi connectivity index (χ0v) is 10.6. The van der Waals surface area contributed by atoms with Crippen LogP contribution in [0, 0.1) is 0 Å². The zero-order valence-electron chi connectivity index (χ0n) is 10.6. The molecule has 1 N–H and O–H groups in total. The average Bonchev–Trinajstić information content (AvgIpc) is 2.45. The van der Waals surface area contributed by atoms with Gasteiger partial charge in [0, 0.05) is 12.0 Å². The first-order chi connectivity index (χ1) is 9.33. The summed E-state index contributed by atoms with van der Waals surface area (Å²) in [5, 5.41) is 9.59. The minimum Gasteiger partial charge on any atom is -0.487 e. The van der Waals surface area contributed by atoms with E-state index >= 15 is 0 Å². The molecule has 0 amide bonds. The van der Waals surface area contributed by atoms with E-state index in [4.69, 9.17) is 9.47 Å². The van der Waals surface area contributed by atoms with Gasteiger partial charge in [0.25, 0.3) is 0 Å². The van der Waals surface area contributed by atoms with Gasteiger partial charge in [0.15, 0.2) is 11.5 Å². The van der Waals surface area contributed by atoms with Gasteiger partial charge in [0.1, 0.15) is 13.2 Å². The second-order valence-corrected chi connectivity index (χ2v) is 4.69. The van der Waals surface area contributed by atoms with E-state index < -0.39 is 6.10 Å². The van der Waals surface area contributed by atoms with Gasteiger partial charge >= 0.3 is 0 Å². The molecule has 98 valence electrons. The topological polar surface area (TPSA) is 38.7 Å². The van der Waals surface area contributed by atoms with Crippen molar-refractivity contribution in [3.05, 3.63) is 59.7 Å². The maximum atomic E-state index is 9.59. The molecule has 19 heavy (non-hydrogen) atoms. The lowest BCUT2D eigenvalue weighted by Crippen LogP contribution is -2.25. The number of para-hydroxylation sites is 1. The maximum absolute atomic E-state index is 9.59. The predicted molar refractivity (Wildman–Crippen MR) is 72.4 cm³/mol. The summed E-state index contributed by atoms with van der Waals surface area (Å²) >= 11 is 0. The van der Waals surface area contributed by atoms with E-state index in [2.05, 4.69) is 0 Å². The molecule has 0 saturated carbocycles. The summed E-state index contributed by atoms with van der Waals surface area (Å²) in [5.74, 6) is 1.51. The highest BCUT2D eigenvalue weighted by Gasteiger charge is 2.20. The molecule has 0 aromatic heterocycles. The van der Waals surface area contributed by atoms with Crippen LogP contribution in [0.1, 0.15) is 11.1 Å². The van der Waals surface area contributed by atoms with E-state index in [1.54, 1.807) is 0 Å². The van der Waals surface area contributed by atoms with Crippen molar-refractivity contribution in [2.24, 2.45) is 0 Å². The van der Waals surface area contributed by atoms with Crippen LogP contribution < -0.4 is 9.47 Å². The molecule has 0 bridgehead atoms. The van der Waals surface area contributed by atoms with Gasteiger partial charge in [-0.15, -0.1) is 0 Å². The fourth-order valence-corrected chi connectivity index (χ4v) is 2.23. The second-order valence-electron chi connectivity index (χ2n) is 4.69. The van der Waals surface area contributed by atoms with Gasteiger partial charge in [0.05, 0.1) is 6.10 Å². The Morgan fingerprint density at radius 2 is 1.95 bits per heavy atom. The fourth-order valence-electron chi connectivity index (χ4n) is 2.23. The van der Waals surface area contributed by atoms with E-state index in [9.17, 15) is 5.11 Å². The van der Waals surface area contributed by atoms with Crippen LogP contribution in [0.3, 0.4) is 0 Å². The third kappa shape index (κ3) is 2.71. The Morgan fingerprint density at radius 1 is 1.11 bits per heavy atom. The summed E-state index contributed by atoms with van der Waals surface area (Å²) in [7, 11) is 0. The average molecular weight is 256 g/mol. The fraction of sp³-hybridized carbons (Fsp3) is 0.250. The van der Waals surface area contributed by atoms with Crippen LogP contribution in [0.4, 0.5) is 0 Å². The first-order valence-electron chi connectivity index (χ1n) is 6.42. The lowest BCUT2D eigenvalue weighted by molar-refractivity contribution is 0.0888. The second kappa shape index (κ2) is 5.33. The highest BCUT2D eigenvalue weighted by molar-refractivity contribution is 5.48. The van der Waals surface area contributed by atoms with Crippen LogP contribution in [0.15, 0.2) is 48.5 Å². The molecular formula is C16H16O3. The van der Waals surface area contributed by atoms with Crippen LogP contribution in [-0.4, -0.2) is 17.8 Å². The number of aliphatic hydroxyl groups is 1. The van der Waals surface area contributed by atoms with Gasteiger partial charge in [-0.25, -0.2) is 0 Å². The smallest absolute Gasteiger partial charge is 0.164 e. The summed E-state index contributed by atoms with van der Waals surface area (Å²) in [5.41, 5.74) is 2.13. The molecule has 2 aromatic rings. The Hall–Kier alpha value is -2.00. The lowest BCUT2D eigenvalue weighted by atomic mass is 10.0. The molecule has 1 atom stereocenters. The number of fused-ring (bicyclic) bond motifs is 1. The number of hydrogen-bond acceptors (Lipinski definition) is 3. The van der Waals surface area contributed by atoms with Gasteiger partial charge < -0.3 is 14.6 Å². The summed E-state index contributed by atoms with van der Waals surface area (Å²) < 4.78 is 11.4. The number of hydrogen-bond donors (Lipinski definition) is 1. The lowest BCUT2D eigenvalue weighted by Gasteiger charge is -2.23. The number of rotatable bonds is 3. The van der Waals surface area contributed by atoms with Crippen molar-refractivity contribution in [2.75, 3.05) is 6.61 Å². The summed E-state index contributed by atoms with van der Waals surface area (Å²) in [6.45, 7) is 0.849. The van der Waals surface area contributed by atoms with E-state index in [0.717, 1.165) is 22.6 Å². The molecule has 1 aliphatic rings. The van der Waals surface area contributed by atoms with Crippen molar-refractivity contribution in [1.82, 2.24) is 0 Å². The molecule has 1 unspecified atom stereocenters. The molecule has 3 heteroatoms. The predicted octanol–water partition coefficient (Wildman–Crippen LogP) is 2.56. The molecule has 0 aliphatic carbocycles. The van der Waals surface area contributed by atoms with Crippen LogP contribution in [0.2, 0.25) is 0 Å². The number of aliphatic hydroxyl groups excluding tert-OH is 1. The Kier molecular flexibility index (Phi) is 3.38. The van der Waals surface area contributed by atoms with Crippen molar-refractivity contribution in [1.29, 1.82) is 0 Å². The third-order valence-corrected chi connectivity index (χ3v) is 3.17. The first kappa shape index (κ1) is 12.1. The van der Waals surface area contributed by atoms with Crippen LogP contribution in [0.25, 0.3) is 0 Å².